The molecule has 0 radical (unpaired) electrons. The molecule has 0 aromatic carbocycles. The van der Waals surface area contributed by atoms with E-state index in [0.717, 1.165) is 9.84 Å². The highest BCUT2D eigenvalue weighted by Crippen LogP contribution is 2.19. The number of nitrogens with zero attached hydrogens (tertiary/aromatic N) is 4. The number of hydrogen-bond donors (Lipinski definition) is 2. The molecule has 0 fully saturated rings. The van der Waals surface area contributed by atoms with E-state index in [-0.39, 0.29) is 11.6 Å². The van der Waals surface area contributed by atoms with Crippen molar-refractivity contribution >= 4 is 33.5 Å². The Morgan fingerprint density at radius 2 is 2.28 bits per heavy atom. The molecule has 10 heteroatoms. The number of thiophene rings is 1. The maximum Gasteiger partial charge on any atom is 0.264 e. The molecule has 4 aromatic heterocycles. The Kier molecular flexibility index (Phi) is 3.90. The molecule has 0 aliphatic carbocycles. The number of amides is 1. The van der Waals surface area contributed by atoms with E-state index in [2.05, 4.69) is 25.4 Å². The van der Waals surface area contributed by atoms with Gasteiger partial charge in [-0.25, -0.2) is 14.5 Å². The lowest BCUT2D eigenvalue weighted by Crippen LogP contribution is -2.32. The SMILES string of the molecule is CC(NC(=O)c1cnc(-c2cccs2)[nH]c1=O)c1cn2ncsc2n1. The molecule has 0 bridgehead atoms. The summed E-state index contributed by atoms with van der Waals surface area (Å²) in [5.41, 5.74) is 1.85. The minimum atomic E-state index is -0.497. The molecule has 4 heterocycles. The highest BCUT2D eigenvalue weighted by Gasteiger charge is 2.18. The van der Waals surface area contributed by atoms with Crippen molar-refractivity contribution in [3.63, 3.8) is 0 Å². The molecule has 0 saturated heterocycles. The average Bonchev–Trinajstić information content (AvgIpc) is 3.31. The number of aromatic amines is 1. The number of carbonyl (C=O) groups excluding carboxylic acids is 1. The van der Waals surface area contributed by atoms with Gasteiger partial charge in [0.2, 0.25) is 4.96 Å². The second kappa shape index (κ2) is 6.22. The van der Waals surface area contributed by atoms with Gasteiger partial charge in [0, 0.05) is 6.20 Å². The third-order valence-corrected chi connectivity index (χ3v) is 5.16. The third-order valence-electron chi connectivity index (χ3n) is 3.59. The summed E-state index contributed by atoms with van der Waals surface area (Å²) in [4.78, 5) is 37.4. The summed E-state index contributed by atoms with van der Waals surface area (Å²) in [5, 5.41) is 8.76. The molecule has 0 aliphatic rings. The Bertz CT molecular complexity index is 1070. The van der Waals surface area contributed by atoms with Crippen molar-refractivity contribution in [3.05, 3.63) is 57.0 Å². The number of nitrogens with one attached hydrogen (secondary N) is 2. The number of aromatic nitrogens is 5. The quantitative estimate of drug-likeness (QED) is 0.571. The predicted molar refractivity (Wildman–Crippen MR) is 94.9 cm³/mol. The highest BCUT2D eigenvalue weighted by molar-refractivity contribution is 7.14. The van der Waals surface area contributed by atoms with Gasteiger partial charge < -0.3 is 10.3 Å². The Morgan fingerprint density at radius 1 is 1.40 bits per heavy atom. The molecule has 126 valence electrons. The Hall–Kier alpha value is -2.85. The Labute approximate surface area is 149 Å². The highest BCUT2D eigenvalue weighted by atomic mass is 32.1. The molecule has 4 rings (SSSR count). The fraction of sp³-hybridized carbons (Fsp3) is 0.133. The van der Waals surface area contributed by atoms with Gasteiger partial charge in [0.25, 0.3) is 11.5 Å². The fourth-order valence-corrected chi connectivity index (χ4v) is 3.59. The number of hydrogen-bond acceptors (Lipinski definition) is 7. The van der Waals surface area contributed by atoms with Gasteiger partial charge in [0.05, 0.1) is 22.8 Å². The van der Waals surface area contributed by atoms with Gasteiger partial charge in [0.15, 0.2) is 0 Å². The predicted octanol–water partition coefficient (Wildman–Crippen LogP) is 2.09. The molecular formula is C15H12N6O2S2. The topological polar surface area (TPSA) is 105 Å². The molecule has 2 N–H and O–H groups in total. The normalized spacial score (nSPS) is 12.4. The molecule has 0 spiro atoms. The molecule has 0 saturated carbocycles. The summed E-state index contributed by atoms with van der Waals surface area (Å²) in [5.74, 6) is -0.0479. The van der Waals surface area contributed by atoms with E-state index in [1.165, 1.54) is 28.9 Å². The molecule has 4 aromatic rings. The first kappa shape index (κ1) is 15.7. The van der Waals surface area contributed by atoms with Gasteiger partial charge in [-0.15, -0.1) is 11.3 Å². The molecule has 8 nitrogen and oxygen atoms in total. The minimum Gasteiger partial charge on any atom is -0.344 e. The second-order valence-electron chi connectivity index (χ2n) is 5.28. The van der Waals surface area contributed by atoms with Crippen LogP contribution in [-0.2, 0) is 0 Å². The van der Waals surface area contributed by atoms with Gasteiger partial charge in [-0.1, -0.05) is 17.4 Å². The maximum absolute atomic E-state index is 12.4. The summed E-state index contributed by atoms with van der Waals surface area (Å²) in [6.45, 7) is 1.80. The van der Waals surface area contributed by atoms with Crippen LogP contribution in [0.15, 0.2) is 40.2 Å². The summed E-state index contributed by atoms with van der Waals surface area (Å²) in [6.07, 6.45) is 3.04. The first-order valence-electron chi connectivity index (χ1n) is 7.34. The number of carbonyl (C=O) groups is 1. The van der Waals surface area contributed by atoms with Crippen LogP contribution in [0.25, 0.3) is 15.7 Å². The van der Waals surface area contributed by atoms with E-state index < -0.39 is 11.5 Å². The standard InChI is InChI=1S/C15H12N6O2S2/c1-8(10-6-21-15(19-10)25-7-17-21)18-13(22)9-5-16-12(20-14(9)23)11-3-2-4-24-11/h2-8H,1H3,(H,18,22)(H,16,20,23). The van der Waals surface area contributed by atoms with Gasteiger partial charge in [-0.05, 0) is 18.4 Å². The molecule has 25 heavy (non-hydrogen) atoms. The lowest BCUT2D eigenvalue weighted by atomic mass is 10.2. The number of imidazole rings is 1. The zero-order chi connectivity index (χ0) is 17.4. The van der Waals surface area contributed by atoms with Crippen molar-refractivity contribution in [2.75, 3.05) is 0 Å². The molecular weight excluding hydrogens is 360 g/mol. The monoisotopic (exact) mass is 372 g/mol. The molecule has 0 aliphatic heterocycles. The van der Waals surface area contributed by atoms with Crippen LogP contribution in [0.4, 0.5) is 0 Å². The number of fused-ring (bicyclic) bond motifs is 1. The van der Waals surface area contributed by atoms with Crippen LogP contribution in [0.1, 0.15) is 29.0 Å². The van der Waals surface area contributed by atoms with Gasteiger partial charge in [0.1, 0.15) is 16.9 Å². The van der Waals surface area contributed by atoms with Gasteiger partial charge in [-0.2, -0.15) is 5.10 Å². The Morgan fingerprint density at radius 3 is 3.00 bits per heavy atom. The van der Waals surface area contributed by atoms with Crippen molar-refractivity contribution in [2.45, 2.75) is 13.0 Å². The van der Waals surface area contributed by atoms with Crippen LogP contribution in [0.5, 0.6) is 0 Å². The van der Waals surface area contributed by atoms with Crippen molar-refractivity contribution in [2.24, 2.45) is 0 Å². The smallest absolute Gasteiger partial charge is 0.264 e. The third kappa shape index (κ3) is 2.96. The van der Waals surface area contributed by atoms with E-state index in [9.17, 15) is 9.59 Å². The molecule has 1 amide bonds. The van der Waals surface area contributed by atoms with E-state index in [1.807, 2.05) is 17.5 Å². The maximum atomic E-state index is 12.4. The van der Waals surface area contributed by atoms with Crippen molar-refractivity contribution in [1.82, 2.24) is 29.9 Å². The first-order valence-corrected chi connectivity index (χ1v) is 9.10. The van der Waals surface area contributed by atoms with E-state index in [1.54, 1.807) is 23.1 Å². The van der Waals surface area contributed by atoms with Crippen LogP contribution in [0, 0.1) is 0 Å². The lowest BCUT2D eigenvalue weighted by molar-refractivity contribution is 0.0937. The zero-order valence-electron chi connectivity index (χ0n) is 13.0. The molecule has 1 unspecified atom stereocenters. The van der Waals surface area contributed by atoms with Gasteiger partial charge >= 0.3 is 0 Å². The van der Waals surface area contributed by atoms with Crippen LogP contribution in [0.2, 0.25) is 0 Å². The second-order valence-corrected chi connectivity index (χ2v) is 7.04. The summed E-state index contributed by atoms with van der Waals surface area (Å²) >= 11 is 2.87. The molecule has 1 atom stereocenters. The lowest BCUT2D eigenvalue weighted by Gasteiger charge is -2.11. The average molecular weight is 372 g/mol. The van der Waals surface area contributed by atoms with Crippen molar-refractivity contribution < 1.29 is 4.79 Å². The van der Waals surface area contributed by atoms with Gasteiger partial charge in [-0.3, -0.25) is 9.59 Å². The zero-order valence-corrected chi connectivity index (χ0v) is 14.6. The largest absolute Gasteiger partial charge is 0.344 e. The van der Waals surface area contributed by atoms with E-state index in [0.29, 0.717) is 11.5 Å². The number of H-pyrrole nitrogens is 1. The minimum absolute atomic E-state index is 0.0358. The van der Waals surface area contributed by atoms with Crippen LogP contribution in [0.3, 0.4) is 0 Å². The summed E-state index contributed by atoms with van der Waals surface area (Å²) in [6, 6.07) is 3.36. The van der Waals surface area contributed by atoms with E-state index >= 15 is 0 Å². The summed E-state index contributed by atoms with van der Waals surface area (Å²) in [7, 11) is 0. The fourth-order valence-electron chi connectivity index (χ4n) is 2.31. The van der Waals surface area contributed by atoms with Crippen LogP contribution >= 0.6 is 22.7 Å². The van der Waals surface area contributed by atoms with Crippen molar-refractivity contribution in [1.29, 1.82) is 0 Å². The van der Waals surface area contributed by atoms with Crippen LogP contribution in [-0.4, -0.2) is 30.5 Å². The number of rotatable bonds is 4. The van der Waals surface area contributed by atoms with Crippen molar-refractivity contribution in [3.8, 4) is 10.7 Å². The van der Waals surface area contributed by atoms with Crippen LogP contribution < -0.4 is 10.9 Å². The van der Waals surface area contributed by atoms with E-state index in [4.69, 9.17) is 0 Å². The summed E-state index contributed by atoms with van der Waals surface area (Å²) < 4.78 is 1.65. The first-order chi connectivity index (χ1) is 12.1. The Balaban J connectivity index is 1.54.